The van der Waals surface area contributed by atoms with E-state index in [4.69, 9.17) is 5.11 Å². The maximum Gasteiger partial charge on any atom is 0.343 e. The number of halogens is 1. The molecule has 1 N–H and O–H groups in total. The lowest BCUT2D eigenvalue weighted by atomic mass is 10.0. The van der Waals surface area contributed by atoms with Gasteiger partial charge in [-0.2, -0.15) is 0 Å². The molecule has 1 aliphatic rings. The summed E-state index contributed by atoms with van der Waals surface area (Å²) in [5.74, 6) is -0.538. The van der Waals surface area contributed by atoms with Gasteiger partial charge in [-0.3, -0.25) is 9.36 Å². The van der Waals surface area contributed by atoms with E-state index in [0.29, 0.717) is 17.9 Å². The smallest absolute Gasteiger partial charge is 0.343 e. The summed E-state index contributed by atoms with van der Waals surface area (Å²) in [5.41, 5.74) is -0.243. The molecule has 2 heterocycles. The number of carboxylic acid groups (broad SMARTS) is 1. The molecule has 0 spiro atoms. The Labute approximate surface area is 113 Å². The molecule has 98 valence electrons. The van der Waals surface area contributed by atoms with E-state index in [0.717, 1.165) is 12.8 Å². The number of carbonyl (C=O) groups is 1. The van der Waals surface area contributed by atoms with Crippen LogP contribution in [0.5, 0.6) is 0 Å². The van der Waals surface area contributed by atoms with Gasteiger partial charge in [0, 0.05) is 6.04 Å². The van der Waals surface area contributed by atoms with E-state index in [1.54, 1.807) is 6.92 Å². The molecule has 1 aliphatic heterocycles. The minimum Gasteiger partial charge on any atom is -0.477 e. The van der Waals surface area contributed by atoms with Crippen molar-refractivity contribution in [3.63, 3.8) is 0 Å². The van der Waals surface area contributed by atoms with Gasteiger partial charge < -0.3 is 5.11 Å². The third-order valence-corrected chi connectivity index (χ3v) is 4.19. The predicted molar refractivity (Wildman–Crippen MR) is 70.4 cm³/mol. The van der Waals surface area contributed by atoms with Gasteiger partial charge in [0.2, 0.25) is 0 Å². The first kappa shape index (κ1) is 13.3. The molecule has 0 fully saturated rings. The molecule has 0 aromatic carbocycles. The summed E-state index contributed by atoms with van der Waals surface area (Å²) in [6, 6.07) is -0.00203. The minimum atomic E-state index is -1.19. The highest BCUT2D eigenvalue weighted by Crippen LogP contribution is 2.35. The number of fused-ring (bicyclic) bond motifs is 1. The molecule has 2 atom stereocenters. The number of alkyl halides is 1. The molecular weight excluding hydrogens is 300 g/mol. The van der Waals surface area contributed by atoms with Gasteiger partial charge in [-0.15, -0.1) is 0 Å². The van der Waals surface area contributed by atoms with E-state index in [2.05, 4.69) is 20.9 Å². The van der Waals surface area contributed by atoms with Crippen LogP contribution < -0.4 is 5.56 Å². The summed E-state index contributed by atoms with van der Waals surface area (Å²) in [6.45, 7) is 3.73. The molecule has 1 aromatic heterocycles. The molecule has 0 saturated carbocycles. The van der Waals surface area contributed by atoms with E-state index in [-0.39, 0.29) is 16.4 Å². The standard InChI is InChI=1S/C12H15BrN2O3/c1-3-8-9(12(17)18)11(16)15-6(2)4-5-7(13)10(15)14-8/h6-7H,3-5H2,1-2H3,(H,17,18). The van der Waals surface area contributed by atoms with Crippen LogP contribution in [0, 0.1) is 0 Å². The van der Waals surface area contributed by atoms with Crippen molar-refractivity contribution in [3.05, 3.63) is 27.4 Å². The molecule has 0 saturated heterocycles. The zero-order chi connectivity index (χ0) is 13.4. The molecule has 18 heavy (non-hydrogen) atoms. The van der Waals surface area contributed by atoms with Crippen LogP contribution in [0.4, 0.5) is 0 Å². The van der Waals surface area contributed by atoms with Crippen LogP contribution in [0.15, 0.2) is 4.79 Å². The second kappa shape index (κ2) is 4.84. The third-order valence-electron chi connectivity index (χ3n) is 3.33. The first-order valence-electron chi connectivity index (χ1n) is 6.00. The monoisotopic (exact) mass is 314 g/mol. The Kier molecular flexibility index (Phi) is 3.56. The summed E-state index contributed by atoms with van der Waals surface area (Å²) in [7, 11) is 0. The van der Waals surface area contributed by atoms with Crippen molar-refractivity contribution < 1.29 is 9.90 Å². The van der Waals surface area contributed by atoms with E-state index >= 15 is 0 Å². The molecule has 0 aliphatic carbocycles. The average Bonchev–Trinajstić information content (AvgIpc) is 2.32. The number of rotatable bonds is 2. The van der Waals surface area contributed by atoms with Crippen molar-refractivity contribution in [2.45, 2.75) is 44.0 Å². The van der Waals surface area contributed by atoms with E-state index < -0.39 is 11.5 Å². The minimum absolute atomic E-state index is 0.00203. The molecular formula is C12H15BrN2O3. The topological polar surface area (TPSA) is 72.2 Å². The van der Waals surface area contributed by atoms with Crippen LogP contribution in [0.3, 0.4) is 0 Å². The summed E-state index contributed by atoms with van der Waals surface area (Å²) in [5, 5.41) is 9.17. The number of hydrogen-bond acceptors (Lipinski definition) is 3. The van der Waals surface area contributed by atoms with Gasteiger partial charge in [-0.05, 0) is 26.2 Å². The lowest BCUT2D eigenvalue weighted by Gasteiger charge is -2.28. The lowest BCUT2D eigenvalue weighted by molar-refractivity contribution is 0.0691. The molecule has 1 aromatic rings. The summed E-state index contributed by atoms with van der Waals surface area (Å²) in [6.07, 6.45) is 2.19. The third kappa shape index (κ3) is 1.98. The molecule has 0 bridgehead atoms. The fraction of sp³-hybridized carbons (Fsp3) is 0.583. The number of aromatic carboxylic acids is 1. The Morgan fingerprint density at radius 3 is 2.78 bits per heavy atom. The van der Waals surface area contributed by atoms with E-state index in [1.807, 2.05) is 6.92 Å². The largest absolute Gasteiger partial charge is 0.477 e. The second-order valence-corrected chi connectivity index (χ2v) is 5.62. The first-order valence-corrected chi connectivity index (χ1v) is 6.91. The number of aromatic nitrogens is 2. The van der Waals surface area contributed by atoms with Crippen LogP contribution >= 0.6 is 15.9 Å². The first-order chi connectivity index (χ1) is 8.47. The van der Waals surface area contributed by atoms with Crippen molar-refractivity contribution in [2.75, 3.05) is 0 Å². The molecule has 2 rings (SSSR count). The van der Waals surface area contributed by atoms with Gasteiger partial charge in [0.15, 0.2) is 0 Å². The van der Waals surface area contributed by atoms with Crippen LogP contribution in [-0.2, 0) is 6.42 Å². The summed E-state index contributed by atoms with van der Waals surface area (Å²) < 4.78 is 1.52. The number of nitrogens with zero attached hydrogens (tertiary/aromatic N) is 2. The van der Waals surface area contributed by atoms with Gasteiger partial charge in [-0.1, -0.05) is 22.9 Å². The maximum atomic E-state index is 12.3. The molecule has 0 radical (unpaired) electrons. The van der Waals surface area contributed by atoms with Gasteiger partial charge in [-0.25, -0.2) is 9.78 Å². The zero-order valence-corrected chi connectivity index (χ0v) is 11.9. The predicted octanol–water partition coefficient (Wildman–Crippen LogP) is 2.29. The zero-order valence-electron chi connectivity index (χ0n) is 10.3. The van der Waals surface area contributed by atoms with Gasteiger partial charge in [0.05, 0.1) is 10.5 Å². The Morgan fingerprint density at radius 1 is 1.56 bits per heavy atom. The molecule has 2 unspecified atom stereocenters. The Bertz CT molecular complexity index is 553. The SMILES string of the molecule is CCc1nc2n(c(=O)c1C(=O)O)C(C)CCC2Br. The van der Waals surface area contributed by atoms with Gasteiger partial charge in [0.25, 0.3) is 5.56 Å². The van der Waals surface area contributed by atoms with Crippen molar-refractivity contribution in [1.29, 1.82) is 0 Å². The van der Waals surface area contributed by atoms with Crippen LogP contribution in [0.2, 0.25) is 0 Å². The van der Waals surface area contributed by atoms with Gasteiger partial charge >= 0.3 is 5.97 Å². The number of hydrogen-bond donors (Lipinski definition) is 1. The highest BCUT2D eigenvalue weighted by molar-refractivity contribution is 9.09. The summed E-state index contributed by atoms with van der Waals surface area (Å²) >= 11 is 3.50. The quantitative estimate of drug-likeness (QED) is 0.850. The van der Waals surface area contributed by atoms with Crippen molar-refractivity contribution in [2.24, 2.45) is 0 Å². The molecule has 5 nitrogen and oxygen atoms in total. The van der Waals surface area contributed by atoms with Crippen LogP contribution in [0.25, 0.3) is 0 Å². The van der Waals surface area contributed by atoms with Crippen molar-refractivity contribution in [3.8, 4) is 0 Å². The Hall–Kier alpha value is -1.17. The van der Waals surface area contributed by atoms with Gasteiger partial charge in [0.1, 0.15) is 11.4 Å². The highest BCUT2D eigenvalue weighted by Gasteiger charge is 2.29. The number of carboxylic acids is 1. The Morgan fingerprint density at radius 2 is 2.22 bits per heavy atom. The van der Waals surface area contributed by atoms with Crippen LogP contribution in [0.1, 0.15) is 59.4 Å². The van der Waals surface area contributed by atoms with Crippen molar-refractivity contribution in [1.82, 2.24) is 9.55 Å². The normalized spacial score (nSPS) is 22.6. The number of aryl methyl sites for hydroxylation is 1. The summed E-state index contributed by atoms with van der Waals surface area (Å²) in [4.78, 5) is 27.9. The second-order valence-electron chi connectivity index (χ2n) is 4.52. The van der Waals surface area contributed by atoms with E-state index in [9.17, 15) is 9.59 Å². The fourth-order valence-corrected chi connectivity index (χ4v) is 2.95. The lowest BCUT2D eigenvalue weighted by Crippen LogP contribution is -2.36. The fourth-order valence-electron chi connectivity index (χ4n) is 2.36. The molecule has 0 amide bonds. The molecule has 6 heteroatoms. The maximum absolute atomic E-state index is 12.3. The van der Waals surface area contributed by atoms with Crippen molar-refractivity contribution >= 4 is 21.9 Å². The van der Waals surface area contributed by atoms with E-state index in [1.165, 1.54) is 4.57 Å². The highest BCUT2D eigenvalue weighted by atomic mass is 79.9. The van der Waals surface area contributed by atoms with Crippen LogP contribution in [-0.4, -0.2) is 20.6 Å². The Balaban J connectivity index is 2.78. The average molecular weight is 315 g/mol.